The standard InChI is InChI=1S/C37H68O12/c1-2-3-4-5-6-7-8-9-36-10-12-37(13-11-36)49-35-34-48-33-32-47-31-30-46-29-28-45-27-26-44-25-24-43-23-22-42-21-20-41-19-18-40-17-16-39-15-14-38/h10-13,38H,2-9,14-35H2,1H3. The molecule has 0 atom stereocenters. The highest BCUT2D eigenvalue weighted by atomic mass is 16.6. The van der Waals surface area contributed by atoms with Gasteiger partial charge >= 0.3 is 0 Å². The van der Waals surface area contributed by atoms with Crippen molar-refractivity contribution < 1.29 is 57.2 Å². The minimum absolute atomic E-state index is 0.0267. The van der Waals surface area contributed by atoms with Crippen molar-refractivity contribution in [2.45, 2.75) is 58.3 Å². The Hall–Kier alpha value is -1.42. The molecule has 1 N–H and O–H groups in total. The van der Waals surface area contributed by atoms with E-state index in [4.69, 9.17) is 57.2 Å². The molecule has 0 spiro atoms. The van der Waals surface area contributed by atoms with Crippen LogP contribution in [0.25, 0.3) is 0 Å². The SMILES string of the molecule is CCCCCCCCCc1ccc(OCCOCCOCCOCCOCCOCCOCCOCCOCCOCCOCCO)cc1. The van der Waals surface area contributed by atoms with E-state index in [1.807, 2.05) is 0 Å². The zero-order valence-electron chi connectivity index (χ0n) is 30.5. The average Bonchev–Trinajstić information content (AvgIpc) is 3.12. The van der Waals surface area contributed by atoms with Gasteiger partial charge in [-0.25, -0.2) is 0 Å². The Morgan fingerprint density at radius 2 is 0.673 bits per heavy atom. The summed E-state index contributed by atoms with van der Waals surface area (Å²) >= 11 is 0. The van der Waals surface area contributed by atoms with Gasteiger partial charge in [0.15, 0.2) is 0 Å². The first-order valence-corrected chi connectivity index (χ1v) is 18.5. The van der Waals surface area contributed by atoms with Crippen LogP contribution in [0.4, 0.5) is 0 Å². The maximum absolute atomic E-state index is 8.59. The van der Waals surface area contributed by atoms with E-state index in [0.29, 0.717) is 139 Å². The molecule has 0 heterocycles. The molecule has 0 unspecified atom stereocenters. The Morgan fingerprint density at radius 3 is 1.02 bits per heavy atom. The van der Waals surface area contributed by atoms with Crippen molar-refractivity contribution in [2.75, 3.05) is 145 Å². The number of ether oxygens (including phenoxy) is 11. The molecule has 1 aromatic carbocycles. The van der Waals surface area contributed by atoms with Gasteiger partial charge in [0.05, 0.1) is 139 Å². The van der Waals surface area contributed by atoms with E-state index < -0.39 is 0 Å². The molecule has 0 fully saturated rings. The fourth-order valence-corrected chi connectivity index (χ4v) is 4.40. The monoisotopic (exact) mass is 704 g/mol. The Balaban J connectivity index is 1.70. The second-order valence-electron chi connectivity index (χ2n) is 11.2. The Bertz CT molecular complexity index is 755. The predicted octanol–water partition coefficient (Wildman–Crippen LogP) is 4.52. The van der Waals surface area contributed by atoms with Gasteiger partial charge in [-0.05, 0) is 30.5 Å². The van der Waals surface area contributed by atoms with Gasteiger partial charge in [-0.15, -0.1) is 0 Å². The van der Waals surface area contributed by atoms with Gasteiger partial charge in [-0.2, -0.15) is 0 Å². The van der Waals surface area contributed by atoms with E-state index in [2.05, 4.69) is 31.2 Å². The molecule has 0 radical (unpaired) electrons. The molecule has 12 heteroatoms. The summed E-state index contributed by atoms with van der Waals surface area (Å²) in [5, 5.41) is 8.59. The number of hydrogen-bond acceptors (Lipinski definition) is 12. The highest BCUT2D eigenvalue weighted by Crippen LogP contribution is 2.15. The molecule has 0 aliphatic heterocycles. The highest BCUT2D eigenvalue weighted by molar-refractivity contribution is 5.27. The third-order valence-corrected chi connectivity index (χ3v) is 7.07. The quantitative estimate of drug-likeness (QED) is 0.0966. The summed E-state index contributed by atoms with van der Waals surface area (Å²) in [5.41, 5.74) is 1.38. The Kier molecular flexibility index (Phi) is 36.6. The molecule has 1 aromatic rings. The molecule has 0 aliphatic rings. The van der Waals surface area contributed by atoms with Gasteiger partial charge in [-0.1, -0.05) is 57.6 Å². The lowest BCUT2D eigenvalue weighted by Crippen LogP contribution is -2.15. The lowest BCUT2D eigenvalue weighted by molar-refractivity contribution is -0.0270. The molecular formula is C37H68O12. The second-order valence-corrected chi connectivity index (χ2v) is 11.2. The lowest BCUT2D eigenvalue weighted by Gasteiger charge is -2.09. The largest absolute Gasteiger partial charge is 0.491 e. The van der Waals surface area contributed by atoms with E-state index >= 15 is 0 Å². The maximum Gasteiger partial charge on any atom is 0.119 e. The van der Waals surface area contributed by atoms with Gasteiger partial charge in [-0.3, -0.25) is 0 Å². The molecule has 1 rings (SSSR count). The number of unbranched alkanes of at least 4 members (excludes halogenated alkanes) is 6. The number of rotatable bonds is 41. The molecule has 49 heavy (non-hydrogen) atoms. The van der Waals surface area contributed by atoms with Crippen molar-refractivity contribution in [3.63, 3.8) is 0 Å². The number of benzene rings is 1. The van der Waals surface area contributed by atoms with Crippen molar-refractivity contribution in [2.24, 2.45) is 0 Å². The van der Waals surface area contributed by atoms with Crippen LogP contribution in [-0.2, 0) is 53.8 Å². The topological polar surface area (TPSA) is 122 Å². The Labute approximate surface area is 296 Å². The number of aliphatic hydroxyl groups is 1. The van der Waals surface area contributed by atoms with Crippen LogP contribution in [0.1, 0.15) is 57.4 Å². The predicted molar refractivity (Wildman–Crippen MR) is 189 cm³/mol. The molecular weight excluding hydrogens is 636 g/mol. The van der Waals surface area contributed by atoms with Crippen molar-refractivity contribution in [3.05, 3.63) is 29.8 Å². The minimum Gasteiger partial charge on any atom is -0.491 e. The van der Waals surface area contributed by atoms with Crippen molar-refractivity contribution in [1.29, 1.82) is 0 Å². The van der Waals surface area contributed by atoms with Gasteiger partial charge in [0.1, 0.15) is 12.4 Å². The molecule has 0 saturated carbocycles. The minimum atomic E-state index is 0.0267. The second kappa shape index (κ2) is 39.4. The zero-order chi connectivity index (χ0) is 35.0. The number of hydrogen-bond donors (Lipinski definition) is 1. The molecule has 0 amide bonds. The average molecular weight is 705 g/mol. The van der Waals surface area contributed by atoms with Crippen LogP contribution in [0.15, 0.2) is 24.3 Å². The van der Waals surface area contributed by atoms with Crippen LogP contribution in [0, 0.1) is 0 Å². The van der Waals surface area contributed by atoms with Crippen LogP contribution < -0.4 is 4.74 Å². The van der Waals surface area contributed by atoms with Gasteiger partial charge < -0.3 is 57.2 Å². The van der Waals surface area contributed by atoms with E-state index in [9.17, 15) is 0 Å². The number of aliphatic hydroxyl groups excluding tert-OH is 1. The third-order valence-electron chi connectivity index (χ3n) is 7.07. The van der Waals surface area contributed by atoms with Crippen LogP contribution in [0.5, 0.6) is 5.75 Å². The van der Waals surface area contributed by atoms with Gasteiger partial charge in [0.2, 0.25) is 0 Å². The zero-order valence-corrected chi connectivity index (χ0v) is 30.5. The normalized spacial score (nSPS) is 11.5. The van der Waals surface area contributed by atoms with Gasteiger partial charge in [0, 0.05) is 0 Å². The van der Waals surface area contributed by atoms with Crippen LogP contribution >= 0.6 is 0 Å². The summed E-state index contributed by atoms with van der Waals surface area (Å²) in [6.07, 6.45) is 10.5. The first-order chi connectivity index (χ1) is 24.4. The van der Waals surface area contributed by atoms with Crippen LogP contribution in [-0.4, -0.2) is 150 Å². The molecule has 0 aliphatic carbocycles. The summed E-state index contributed by atoms with van der Waals surface area (Å²) in [5.74, 6) is 0.886. The van der Waals surface area contributed by atoms with E-state index in [1.54, 1.807) is 0 Å². The first-order valence-electron chi connectivity index (χ1n) is 18.5. The van der Waals surface area contributed by atoms with E-state index in [-0.39, 0.29) is 6.61 Å². The fourth-order valence-electron chi connectivity index (χ4n) is 4.40. The molecule has 288 valence electrons. The summed E-state index contributed by atoms with van der Waals surface area (Å²) in [4.78, 5) is 0. The van der Waals surface area contributed by atoms with Crippen molar-refractivity contribution in [3.8, 4) is 5.75 Å². The maximum atomic E-state index is 8.59. The van der Waals surface area contributed by atoms with Crippen molar-refractivity contribution in [1.82, 2.24) is 0 Å². The Morgan fingerprint density at radius 1 is 0.367 bits per heavy atom. The highest BCUT2D eigenvalue weighted by Gasteiger charge is 1.99. The summed E-state index contributed by atoms with van der Waals surface area (Å²) in [6.45, 7) is 12.8. The smallest absolute Gasteiger partial charge is 0.119 e. The lowest BCUT2D eigenvalue weighted by atomic mass is 10.0. The molecule has 0 aromatic heterocycles. The summed E-state index contributed by atoms with van der Waals surface area (Å²) < 4.78 is 60.2. The van der Waals surface area contributed by atoms with Crippen molar-refractivity contribution >= 4 is 0 Å². The van der Waals surface area contributed by atoms with E-state index in [0.717, 1.165) is 12.2 Å². The first kappa shape index (κ1) is 45.6. The molecule has 12 nitrogen and oxygen atoms in total. The number of aryl methyl sites for hydroxylation is 1. The summed E-state index contributed by atoms with van der Waals surface area (Å²) in [6, 6.07) is 8.45. The van der Waals surface area contributed by atoms with Crippen LogP contribution in [0.2, 0.25) is 0 Å². The fraction of sp³-hybridized carbons (Fsp3) is 0.838. The third kappa shape index (κ3) is 34.8. The van der Waals surface area contributed by atoms with Gasteiger partial charge in [0.25, 0.3) is 0 Å². The molecule has 0 bridgehead atoms. The van der Waals surface area contributed by atoms with E-state index in [1.165, 1.54) is 50.5 Å². The molecule has 0 saturated heterocycles. The summed E-state index contributed by atoms with van der Waals surface area (Å²) in [7, 11) is 0. The van der Waals surface area contributed by atoms with Crippen LogP contribution in [0.3, 0.4) is 0 Å².